The maximum atomic E-state index is 5.48. The molecule has 0 unspecified atom stereocenters. The molecule has 5 heteroatoms. The van der Waals surface area contributed by atoms with Gasteiger partial charge in [0.1, 0.15) is 0 Å². The van der Waals surface area contributed by atoms with Gasteiger partial charge in [0.25, 0.3) is 0 Å². The molecule has 0 bridgehead atoms. The minimum Gasteiger partial charge on any atom is -0.474 e. The number of nitrogens with zero attached hydrogens (tertiary/aromatic N) is 3. The molecule has 0 aliphatic heterocycles. The van der Waals surface area contributed by atoms with E-state index in [1.54, 1.807) is 12.4 Å². The van der Waals surface area contributed by atoms with Gasteiger partial charge < -0.3 is 15.4 Å². The number of hydrogen-bond donors (Lipinski definition) is 1. The van der Waals surface area contributed by atoms with E-state index in [9.17, 15) is 0 Å². The van der Waals surface area contributed by atoms with Crippen molar-refractivity contribution in [3.63, 3.8) is 0 Å². The smallest absolute Gasteiger partial charge is 0.234 e. The van der Waals surface area contributed by atoms with Gasteiger partial charge in [-0.1, -0.05) is 0 Å². The van der Waals surface area contributed by atoms with Crippen LogP contribution in [0.5, 0.6) is 5.88 Å². The Labute approximate surface area is 96.6 Å². The van der Waals surface area contributed by atoms with E-state index in [-0.39, 0.29) is 6.10 Å². The van der Waals surface area contributed by atoms with Crippen LogP contribution in [0.15, 0.2) is 12.4 Å². The summed E-state index contributed by atoms with van der Waals surface area (Å²) in [6.45, 7) is 5.48. The number of anilines is 1. The number of hydrogen-bond acceptors (Lipinski definition) is 5. The largest absolute Gasteiger partial charge is 0.474 e. The van der Waals surface area contributed by atoms with Crippen LogP contribution in [0.2, 0.25) is 0 Å². The normalized spacial score (nSPS) is 10.6. The van der Waals surface area contributed by atoms with Crippen LogP contribution in [0.25, 0.3) is 0 Å². The zero-order valence-corrected chi connectivity index (χ0v) is 10.2. The molecule has 0 amide bonds. The number of nitrogens with two attached hydrogens (primary N) is 1. The van der Waals surface area contributed by atoms with Crippen LogP contribution in [0.1, 0.15) is 20.3 Å². The molecule has 0 saturated heterocycles. The highest BCUT2D eigenvalue weighted by atomic mass is 16.5. The van der Waals surface area contributed by atoms with Crippen LogP contribution in [0.4, 0.5) is 5.82 Å². The van der Waals surface area contributed by atoms with E-state index in [2.05, 4.69) is 9.97 Å². The van der Waals surface area contributed by atoms with Crippen LogP contribution < -0.4 is 15.4 Å². The molecule has 0 aromatic carbocycles. The molecule has 0 aliphatic rings. The summed E-state index contributed by atoms with van der Waals surface area (Å²) in [4.78, 5) is 10.5. The first-order valence-electron chi connectivity index (χ1n) is 5.53. The Morgan fingerprint density at radius 3 is 2.81 bits per heavy atom. The van der Waals surface area contributed by atoms with Crippen molar-refractivity contribution in [2.24, 2.45) is 5.73 Å². The second-order valence-electron chi connectivity index (χ2n) is 3.95. The quantitative estimate of drug-likeness (QED) is 0.782. The average molecular weight is 224 g/mol. The van der Waals surface area contributed by atoms with Gasteiger partial charge in [-0.25, -0.2) is 0 Å². The van der Waals surface area contributed by atoms with Crippen molar-refractivity contribution in [3.05, 3.63) is 12.4 Å². The van der Waals surface area contributed by atoms with Crippen LogP contribution >= 0.6 is 0 Å². The molecule has 0 saturated carbocycles. The number of aromatic nitrogens is 2. The van der Waals surface area contributed by atoms with E-state index in [0.717, 1.165) is 18.8 Å². The fourth-order valence-electron chi connectivity index (χ4n) is 1.26. The van der Waals surface area contributed by atoms with Gasteiger partial charge in [-0.3, -0.25) is 4.98 Å². The summed E-state index contributed by atoms with van der Waals surface area (Å²) in [6.07, 6.45) is 4.40. The molecule has 1 heterocycles. The fourth-order valence-corrected chi connectivity index (χ4v) is 1.26. The molecular weight excluding hydrogens is 204 g/mol. The third-order valence-corrected chi connectivity index (χ3v) is 2.04. The first-order chi connectivity index (χ1) is 7.63. The van der Waals surface area contributed by atoms with Crippen molar-refractivity contribution in [1.82, 2.24) is 9.97 Å². The Hall–Kier alpha value is -1.36. The minimum atomic E-state index is 0.110. The van der Waals surface area contributed by atoms with E-state index < -0.39 is 0 Å². The SMILES string of the molecule is CC(C)Oc1cncc(N(C)CCCN)n1. The summed E-state index contributed by atoms with van der Waals surface area (Å²) in [7, 11) is 1.97. The standard InChI is InChI=1S/C11H20N4O/c1-9(2)16-11-8-13-7-10(14-11)15(3)6-4-5-12/h7-9H,4-6,12H2,1-3H3. The lowest BCUT2D eigenvalue weighted by Crippen LogP contribution is -2.22. The molecular formula is C11H20N4O. The topological polar surface area (TPSA) is 64.3 Å². The molecule has 0 fully saturated rings. The molecule has 0 radical (unpaired) electrons. The summed E-state index contributed by atoms with van der Waals surface area (Å²) in [5.41, 5.74) is 5.46. The van der Waals surface area contributed by atoms with E-state index in [1.165, 1.54) is 0 Å². The first kappa shape index (κ1) is 12.7. The van der Waals surface area contributed by atoms with Gasteiger partial charge in [0.2, 0.25) is 5.88 Å². The average Bonchev–Trinajstić information content (AvgIpc) is 2.25. The van der Waals surface area contributed by atoms with Gasteiger partial charge >= 0.3 is 0 Å². The second-order valence-corrected chi connectivity index (χ2v) is 3.95. The molecule has 0 spiro atoms. The summed E-state index contributed by atoms with van der Waals surface area (Å²) in [6, 6.07) is 0. The first-order valence-corrected chi connectivity index (χ1v) is 5.53. The van der Waals surface area contributed by atoms with Crippen molar-refractivity contribution in [3.8, 4) is 5.88 Å². The predicted molar refractivity (Wildman–Crippen MR) is 64.7 cm³/mol. The van der Waals surface area contributed by atoms with Crippen LogP contribution in [-0.2, 0) is 0 Å². The molecule has 90 valence electrons. The highest BCUT2D eigenvalue weighted by molar-refractivity contribution is 5.36. The molecule has 0 atom stereocenters. The zero-order chi connectivity index (χ0) is 12.0. The number of ether oxygens (including phenoxy) is 1. The minimum absolute atomic E-state index is 0.110. The van der Waals surface area contributed by atoms with Crippen LogP contribution in [-0.4, -0.2) is 36.2 Å². The van der Waals surface area contributed by atoms with Gasteiger partial charge in [0.15, 0.2) is 5.82 Å². The lowest BCUT2D eigenvalue weighted by molar-refractivity contribution is 0.231. The highest BCUT2D eigenvalue weighted by Crippen LogP contribution is 2.13. The summed E-state index contributed by atoms with van der Waals surface area (Å²) < 4.78 is 5.48. The molecule has 1 rings (SSSR count). The third-order valence-electron chi connectivity index (χ3n) is 2.04. The Kier molecular flexibility index (Phi) is 4.98. The maximum Gasteiger partial charge on any atom is 0.234 e. The molecule has 1 aromatic rings. The Bertz CT molecular complexity index is 317. The van der Waals surface area contributed by atoms with Crippen molar-refractivity contribution in [2.75, 3.05) is 25.0 Å². The van der Waals surface area contributed by atoms with Gasteiger partial charge in [-0.15, -0.1) is 0 Å². The van der Waals surface area contributed by atoms with Crippen molar-refractivity contribution in [2.45, 2.75) is 26.4 Å². The molecule has 16 heavy (non-hydrogen) atoms. The lowest BCUT2D eigenvalue weighted by atomic mass is 10.4. The van der Waals surface area contributed by atoms with Crippen LogP contribution in [0.3, 0.4) is 0 Å². The third kappa shape index (κ3) is 4.02. The zero-order valence-electron chi connectivity index (χ0n) is 10.2. The highest BCUT2D eigenvalue weighted by Gasteiger charge is 2.05. The predicted octanol–water partition coefficient (Wildman–Crippen LogP) is 1.05. The van der Waals surface area contributed by atoms with Crippen molar-refractivity contribution in [1.29, 1.82) is 0 Å². The monoisotopic (exact) mass is 224 g/mol. The van der Waals surface area contributed by atoms with Gasteiger partial charge in [-0.05, 0) is 26.8 Å². The van der Waals surface area contributed by atoms with Crippen molar-refractivity contribution >= 4 is 5.82 Å². The van der Waals surface area contributed by atoms with E-state index in [1.807, 2.05) is 25.8 Å². The second kappa shape index (κ2) is 6.27. The van der Waals surface area contributed by atoms with Gasteiger partial charge in [0, 0.05) is 13.6 Å². The molecule has 5 nitrogen and oxygen atoms in total. The molecule has 2 N–H and O–H groups in total. The summed E-state index contributed by atoms with van der Waals surface area (Å²) >= 11 is 0. The lowest BCUT2D eigenvalue weighted by Gasteiger charge is -2.18. The summed E-state index contributed by atoms with van der Waals surface area (Å²) in [5, 5.41) is 0. The van der Waals surface area contributed by atoms with Crippen LogP contribution in [0, 0.1) is 0 Å². The molecule has 1 aromatic heterocycles. The summed E-state index contributed by atoms with van der Waals surface area (Å²) in [5.74, 6) is 1.37. The molecule has 0 aliphatic carbocycles. The Morgan fingerprint density at radius 1 is 1.44 bits per heavy atom. The fraction of sp³-hybridized carbons (Fsp3) is 0.636. The van der Waals surface area contributed by atoms with E-state index in [4.69, 9.17) is 10.5 Å². The van der Waals surface area contributed by atoms with E-state index >= 15 is 0 Å². The number of rotatable bonds is 6. The van der Waals surface area contributed by atoms with Gasteiger partial charge in [-0.2, -0.15) is 4.98 Å². The van der Waals surface area contributed by atoms with Crippen molar-refractivity contribution < 1.29 is 4.74 Å². The van der Waals surface area contributed by atoms with Gasteiger partial charge in [0.05, 0.1) is 18.5 Å². The Morgan fingerprint density at radius 2 is 2.19 bits per heavy atom. The maximum absolute atomic E-state index is 5.48. The van der Waals surface area contributed by atoms with E-state index in [0.29, 0.717) is 12.4 Å². The Balaban J connectivity index is 2.65.